The van der Waals surface area contributed by atoms with E-state index in [-0.39, 0.29) is 31.2 Å². The molecule has 1 aromatic heterocycles. The van der Waals surface area contributed by atoms with Crippen molar-refractivity contribution in [1.29, 1.82) is 0 Å². The zero-order valence-electron chi connectivity index (χ0n) is 22.3. The number of likely N-dealkylation sites (tertiary alicyclic amines) is 1. The Morgan fingerprint density at radius 2 is 1.84 bits per heavy atom. The zero-order chi connectivity index (χ0) is 27.6. The van der Waals surface area contributed by atoms with Gasteiger partial charge >= 0.3 is 12.3 Å². The molecule has 38 heavy (non-hydrogen) atoms. The fourth-order valence-corrected chi connectivity index (χ4v) is 4.77. The third-order valence-corrected chi connectivity index (χ3v) is 7.18. The molecule has 2 aromatic rings. The lowest BCUT2D eigenvalue weighted by atomic mass is 9.87. The van der Waals surface area contributed by atoms with Crippen LogP contribution in [-0.2, 0) is 26.2 Å². The Bertz CT molecular complexity index is 1070. The molecule has 1 amide bonds. The maximum absolute atomic E-state index is 13.6. The summed E-state index contributed by atoms with van der Waals surface area (Å²) in [7, 11) is 1.52. The largest absolute Gasteiger partial charge is 0.497 e. The summed E-state index contributed by atoms with van der Waals surface area (Å²) in [5.41, 5.74) is 1.21. The summed E-state index contributed by atoms with van der Waals surface area (Å²) in [5.74, 6) is 0.633. The number of alkyl halides is 3. The van der Waals surface area contributed by atoms with E-state index in [0.29, 0.717) is 30.8 Å². The molecule has 1 spiro atoms. The van der Waals surface area contributed by atoms with Crippen LogP contribution < -0.4 is 4.74 Å². The van der Waals surface area contributed by atoms with E-state index in [4.69, 9.17) is 24.0 Å². The minimum Gasteiger partial charge on any atom is -0.497 e. The van der Waals surface area contributed by atoms with E-state index in [1.54, 1.807) is 24.3 Å². The van der Waals surface area contributed by atoms with Crippen LogP contribution in [0.4, 0.5) is 18.0 Å². The summed E-state index contributed by atoms with van der Waals surface area (Å²) in [5, 5.41) is 4.72. The number of amides is 1. The average Bonchev–Trinajstić information content (AvgIpc) is 3.52. The molecule has 11 heteroatoms. The van der Waals surface area contributed by atoms with Gasteiger partial charge in [0.2, 0.25) is 6.10 Å². The molecule has 210 valence electrons. The first-order valence-electron chi connectivity index (χ1n) is 12.8. The molecular weight excluding hydrogens is 503 g/mol. The first-order valence-corrected chi connectivity index (χ1v) is 12.8. The van der Waals surface area contributed by atoms with Crippen LogP contribution >= 0.6 is 0 Å². The Morgan fingerprint density at radius 3 is 2.42 bits per heavy atom. The molecule has 2 saturated heterocycles. The Hall–Kier alpha value is -2.79. The number of piperidine rings is 1. The number of carbonyl (C=O) groups excluding carboxylic acids is 1. The van der Waals surface area contributed by atoms with Crippen LogP contribution in [0.2, 0.25) is 0 Å². The number of hydrogen-bond donors (Lipinski definition) is 0. The van der Waals surface area contributed by atoms with Gasteiger partial charge in [0.25, 0.3) is 0 Å². The summed E-state index contributed by atoms with van der Waals surface area (Å²) < 4.78 is 64.0. The Morgan fingerprint density at radius 1 is 1.16 bits per heavy atom. The van der Waals surface area contributed by atoms with Gasteiger partial charge in [-0.2, -0.15) is 18.3 Å². The van der Waals surface area contributed by atoms with Crippen molar-refractivity contribution >= 4 is 6.09 Å². The van der Waals surface area contributed by atoms with Gasteiger partial charge in [0.1, 0.15) is 5.75 Å². The molecule has 0 radical (unpaired) electrons. The molecular formula is C27H36F3N3O5. The minimum atomic E-state index is -4.75. The standard InChI is InChI=1S/C27H36F3N3O5/c1-25(2,3)22-9-12-33(31-22)20-15-26(37-17-20)10-13-32(14-11-26)24(34)38-23(27(28,29)30)18-36-16-19-5-7-21(35-4)8-6-19/h5-9,12,20,23H,10-11,13-18H2,1-4H3/t20?,23-/m1/s1. The van der Waals surface area contributed by atoms with Gasteiger partial charge in [0.05, 0.1) is 44.3 Å². The number of methoxy groups -OCH3 is 1. The van der Waals surface area contributed by atoms with Crippen LogP contribution in [0.3, 0.4) is 0 Å². The van der Waals surface area contributed by atoms with Crippen molar-refractivity contribution in [3.63, 3.8) is 0 Å². The number of benzene rings is 1. The number of halogens is 3. The van der Waals surface area contributed by atoms with Crippen molar-refractivity contribution in [2.24, 2.45) is 0 Å². The first kappa shape index (κ1) is 28.2. The predicted molar refractivity (Wildman–Crippen MR) is 133 cm³/mol. The number of carbonyl (C=O) groups is 1. The molecule has 3 heterocycles. The first-order chi connectivity index (χ1) is 17.9. The summed E-state index contributed by atoms with van der Waals surface area (Å²) >= 11 is 0. The molecule has 0 N–H and O–H groups in total. The second kappa shape index (κ2) is 11.1. The number of aromatic nitrogens is 2. The zero-order valence-corrected chi connectivity index (χ0v) is 22.3. The van der Waals surface area contributed by atoms with Crippen molar-refractivity contribution in [3.05, 3.63) is 47.8 Å². The molecule has 4 rings (SSSR count). The van der Waals surface area contributed by atoms with Crippen LogP contribution in [0.25, 0.3) is 0 Å². The highest BCUT2D eigenvalue weighted by molar-refractivity contribution is 5.68. The maximum Gasteiger partial charge on any atom is 0.427 e. The van der Waals surface area contributed by atoms with Gasteiger partial charge < -0.3 is 23.8 Å². The topological polar surface area (TPSA) is 75.1 Å². The van der Waals surface area contributed by atoms with Crippen LogP contribution in [0.5, 0.6) is 5.75 Å². The molecule has 2 fully saturated rings. The summed E-state index contributed by atoms with van der Waals surface area (Å²) in [6.07, 6.45) is -4.34. The maximum atomic E-state index is 13.6. The monoisotopic (exact) mass is 539 g/mol. The fraction of sp³-hybridized carbons (Fsp3) is 0.630. The van der Waals surface area contributed by atoms with Crippen LogP contribution in [0, 0.1) is 0 Å². The quantitative estimate of drug-likeness (QED) is 0.477. The van der Waals surface area contributed by atoms with Gasteiger partial charge in [0, 0.05) is 31.1 Å². The van der Waals surface area contributed by atoms with E-state index in [0.717, 1.165) is 12.1 Å². The number of nitrogens with zero attached hydrogens (tertiary/aromatic N) is 3. The second-order valence-electron chi connectivity index (χ2n) is 11.0. The Balaban J connectivity index is 1.27. The summed E-state index contributed by atoms with van der Waals surface area (Å²) in [6, 6.07) is 8.88. The van der Waals surface area contributed by atoms with Crippen molar-refractivity contribution in [2.45, 2.75) is 76.0 Å². The Kier molecular flexibility index (Phi) is 8.27. The van der Waals surface area contributed by atoms with E-state index < -0.39 is 30.6 Å². The van der Waals surface area contributed by atoms with E-state index in [1.165, 1.54) is 12.0 Å². The molecule has 2 atom stereocenters. The lowest BCUT2D eigenvalue weighted by Crippen LogP contribution is -2.49. The van der Waals surface area contributed by atoms with Gasteiger partial charge in [-0.3, -0.25) is 4.68 Å². The fourth-order valence-electron chi connectivity index (χ4n) is 4.77. The summed E-state index contributed by atoms with van der Waals surface area (Å²) in [6.45, 7) is 6.52. The molecule has 0 bridgehead atoms. The molecule has 0 saturated carbocycles. The average molecular weight is 540 g/mol. The van der Waals surface area contributed by atoms with Gasteiger partial charge in [-0.1, -0.05) is 32.9 Å². The van der Waals surface area contributed by atoms with Gasteiger partial charge in [-0.25, -0.2) is 4.79 Å². The molecule has 1 unspecified atom stereocenters. The lowest BCUT2D eigenvalue weighted by Gasteiger charge is -2.38. The number of ether oxygens (including phenoxy) is 4. The van der Waals surface area contributed by atoms with Crippen molar-refractivity contribution in [3.8, 4) is 5.75 Å². The lowest BCUT2D eigenvalue weighted by molar-refractivity contribution is -0.220. The van der Waals surface area contributed by atoms with Crippen LogP contribution in [-0.4, -0.2) is 72.1 Å². The van der Waals surface area contributed by atoms with Crippen molar-refractivity contribution in [1.82, 2.24) is 14.7 Å². The molecule has 2 aliphatic heterocycles. The van der Waals surface area contributed by atoms with Gasteiger partial charge in [-0.15, -0.1) is 0 Å². The van der Waals surface area contributed by atoms with Gasteiger partial charge in [0.15, 0.2) is 0 Å². The molecule has 2 aliphatic rings. The highest BCUT2D eigenvalue weighted by atomic mass is 19.4. The van der Waals surface area contributed by atoms with E-state index in [1.807, 2.05) is 16.9 Å². The number of rotatable bonds is 7. The normalized spacial score (nSPS) is 20.5. The van der Waals surface area contributed by atoms with E-state index in [9.17, 15) is 18.0 Å². The highest BCUT2D eigenvalue weighted by Gasteiger charge is 2.47. The Labute approximate surface area is 221 Å². The van der Waals surface area contributed by atoms with Crippen LogP contribution in [0.1, 0.15) is 57.3 Å². The van der Waals surface area contributed by atoms with Crippen molar-refractivity contribution < 1.29 is 36.9 Å². The molecule has 0 aliphatic carbocycles. The molecule has 8 nitrogen and oxygen atoms in total. The second-order valence-corrected chi connectivity index (χ2v) is 11.0. The van der Waals surface area contributed by atoms with Crippen molar-refractivity contribution in [2.75, 3.05) is 33.4 Å². The third-order valence-electron chi connectivity index (χ3n) is 7.18. The van der Waals surface area contributed by atoms with Crippen LogP contribution in [0.15, 0.2) is 36.5 Å². The number of hydrogen-bond acceptors (Lipinski definition) is 6. The predicted octanol–water partition coefficient (Wildman–Crippen LogP) is 5.27. The highest BCUT2D eigenvalue weighted by Crippen LogP contribution is 2.41. The van der Waals surface area contributed by atoms with E-state index in [2.05, 4.69) is 20.8 Å². The minimum absolute atomic E-state index is 0.0492. The van der Waals surface area contributed by atoms with E-state index >= 15 is 0 Å². The SMILES string of the molecule is COc1ccc(COC[C@@H](OC(=O)N2CCC3(CC2)CC(n2ccc(C(C)(C)C)n2)CO3)C(F)(F)F)cc1. The third kappa shape index (κ3) is 6.79. The smallest absolute Gasteiger partial charge is 0.427 e. The molecule has 1 aromatic carbocycles. The van der Waals surface area contributed by atoms with Gasteiger partial charge in [-0.05, 0) is 36.6 Å². The summed E-state index contributed by atoms with van der Waals surface area (Å²) in [4.78, 5) is 13.9.